The van der Waals surface area contributed by atoms with Gasteiger partial charge in [-0.15, -0.1) is 0 Å². The molecule has 7 heteroatoms. The van der Waals surface area contributed by atoms with Crippen molar-refractivity contribution in [2.75, 3.05) is 30.0 Å². The van der Waals surface area contributed by atoms with Crippen molar-refractivity contribution in [2.45, 2.75) is 19.3 Å². The molecule has 0 saturated carbocycles. The third kappa shape index (κ3) is 3.62. The van der Waals surface area contributed by atoms with E-state index >= 15 is 0 Å². The van der Waals surface area contributed by atoms with Crippen LogP contribution in [0.15, 0.2) is 30.5 Å². The zero-order valence-corrected chi connectivity index (χ0v) is 12.4. The summed E-state index contributed by atoms with van der Waals surface area (Å²) in [6, 6.07) is 8.01. The topological polar surface area (TPSA) is 89.2 Å². The van der Waals surface area contributed by atoms with Gasteiger partial charge in [0.15, 0.2) is 0 Å². The van der Waals surface area contributed by atoms with Crippen molar-refractivity contribution in [3.8, 4) is 6.01 Å². The number of aromatic nitrogens is 3. The summed E-state index contributed by atoms with van der Waals surface area (Å²) in [6.07, 6.45) is 4.86. The van der Waals surface area contributed by atoms with Crippen LogP contribution in [0.1, 0.15) is 18.5 Å². The monoisotopic (exact) mass is 300 g/mol. The van der Waals surface area contributed by atoms with Crippen LogP contribution in [0.3, 0.4) is 0 Å². The molecule has 116 valence electrons. The van der Waals surface area contributed by atoms with Gasteiger partial charge in [0.2, 0.25) is 0 Å². The van der Waals surface area contributed by atoms with E-state index in [1.54, 1.807) is 6.20 Å². The van der Waals surface area contributed by atoms with Crippen LogP contribution in [-0.2, 0) is 6.42 Å². The Bertz CT molecular complexity index is 600. The summed E-state index contributed by atoms with van der Waals surface area (Å²) in [5, 5.41) is 0. The molecule has 7 nitrogen and oxygen atoms in total. The molecular weight excluding hydrogens is 280 g/mol. The minimum absolute atomic E-state index is 0.341. The minimum atomic E-state index is 0.341. The van der Waals surface area contributed by atoms with Crippen molar-refractivity contribution in [3.63, 3.8) is 0 Å². The van der Waals surface area contributed by atoms with E-state index in [9.17, 15) is 0 Å². The Hall–Kier alpha value is -2.41. The lowest BCUT2D eigenvalue weighted by Crippen LogP contribution is -2.21. The molecule has 2 aromatic rings. The van der Waals surface area contributed by atoms with Crippen LogP contribution >= 0.6 is 0 Å². The molecule has 0 radical (unpaired) electrons. The van der Waals surface area contributed by atoms with Gasteiger partial charge in [-0.3, -0.25) is 4.98 Å². The second-order valence-electron chi connectivity index (χ2n) is 5.15. The average molecular weight is 300 g/mol. The smallest absolute Gasteiger partial charge is 0.320 e. The van der Waals surface area contributed by atoms with Crippen molar-refractivity contribution in [1.82, 2.24) is 15.0 Å². The third-order valence-electron chi connectivity index (χ3n) is 3.59. The maximum atomic E-state index is 5.67. The zero-order valence-electron chi connectivity index (χ0n) is 12.4. The van der Waals surface area contributed by atoms with Crippen LogP contribution in [0.2, 0.25) is 0 Å². The van der Waals surface area contributed by atoms with Gasteiger partial charge in [0.1, 0.15) is 11.6 Å². The molecule has 0 amide bonds. The highest BCUT2D eigenvalue weighted by atomic mass is 16.5. The Kier molecular flexibility index (Phi) is 4.65. The summed E-state index contributed by atoms with van der Waals surface area (Å²) in [5.74, 6) is 6.90. The summed E-state index contributed by atoms with van der Waals surface area (Å²) in [6.45, 7) is 2.49. The fourth-order valence-corrected chi connectivity index (χ4v) is 2.45. The van der Waals surface area contributed by atoms with Gasteiger partial charge < -0.3 is 15.1 Å². The van der Waals surface area contributed by atoms with E-state index in [4.69, 9.17) is 10.6 Å². The summed E-state index contributed by atoms with van der Waals surface area (Å²) in [4.78, 5) is 15.2. The van der Waals surface area contributed by atoms with Gasteiger partial charge in [0, 0.05) is 37.5 Å². The largest absolute Gasteiger partial charge is 0.463 e. The van der Waals surface area contributed by atoms with Gasteiger partial charge in [-0.2, -0.15) is 9.97 Å². The third-order valence-corrected chi connectivity index (χ3v) is 3.59. The van der Waals surface area contributed by atoms with E-state index in [2.05, 4.69) is 25.3 Å². The molecule has 1 saturated heterocycles. The molecule has 2 aromatic heterocycles. The first-order valence-corrected chi connectivity index (χ1v) is 7.48. The maximum Gasteiger partial charge on any atom is 0.320 e. The number of pyridine rings is 1. The lowest BCUT2D eigenvalue weighted by molar-refractivity contribution is 0.295. The van der Waals surface area contributed by atoms with E-state index in [1.165, 1.54) is 12.8 Å². The number of ether oxygens (including phenoxy) is 1. The predicted octanol–water partition coefficient (Wildman–Crippen LogP) is 1.38. The quantitative estimate of drug-likeness (QED) is 0.615. The van der Waals surface area contributed by atoms with Crippen LogP contribution in [0.5, 0.6) is 6.01 Å². The number of nitrogens with two attached hydrogens (primary N) is 1. The van der Waals surface area contributed by atoms with Crippen molar-refractivity contribution >= 4 is 11.6 Å². The minimum Gasteiger partial charge on any atom is -0.463 e. The Balaban J connectivity index is 1.65. The van der Waals surface area contributed by atoms with Gasteiger partial charge in [0.25, 0.3) is 0 Å². The van der Waals surface area contributed by atoms with Gasteiger partial charge >= 0.3 is 6.01 Å². The van der Waals surface area contributed by atoms with Crippen molar-refractivity contribution in [1.29, 1.82) is 0 Å². The van der Waals surface area contributed by atoms with Crippen LogP contribution < -0.4 is 20.9 Å². The number of anilines is 2. The van der Waals surface area contributed by atoms with E-state index in [0.717, 1.165) is 24.6 Å². The zero-order chi connectivity index (χ0) is 15.2. The molecule has 0 bridgehead atoms. The van der Waals surface area contributed by atoms with Crippen LogP contribution in [0, 0.1) is 0 Å². The standard InChI is InChI=1S/C15H20N6O/c16-20-13-11-14(21-8-3-4-9-21)19-15(18-13)22-10-6-12-5-1-2-7-17-12/h1-2,5,7,11H,3-4,6,8-10,16H2,(H,18,19,20). The summed E-state index contributed by atoms with van der Waals surface area (Å²) in [7, 11) is 0. The lowest BCUT2D eigenvalue weighted by Gasteiger charge is -2.17. The Morgan fingerprint density at radius 1 is 1.23 bits per heavy atom. The van der Waals surface area contributed by atoms with E-state index in [1.807, 2.05) is 24.3 Å². The number of nitrogens with zero attached hydrogens (tertiary/aromatic N) is 4. The average Bonchev–Trinajstić information content (AvgIpc) is 3.10. The van der Waals surface area contributed by atoms with Crippen LogP contribution in [-0.4, -0.2) is 34.6 Å². The van der Waals surface area contributed by atoms with Crippen LogP contribution in [0.4, 0.5) is 11.6 Å². The number of hydrogen-bond acceptors (Lipinski definition) is 7. The Morgan fingerprint density at radius 2 is 2.09 bits per heavy atom. The summed E-state index contributed by atoms with van der Waals surface area (Å²) in [5.41, 5.74) is 3.55. The van der Waals surface area contributed by atoms with Gasteiger partial charge in [0.05, 0.1) is 6.61 Å². The lowest BCUT2D eigenvalue weighted by atomic mass is 10.3. The summed E-state index contributed by atoms with van der Waals surface area (Å²) < 4.78 is 5.67. The van der Waals surface area contributed by atoms with Crippen molar-refractivity contribution in [2.24, 2.45) is 5.84 Å². The predicted molar refractivity (Wildman–Crippen MR) is 84.7 cm³/mol. The fourth-order valence-electron chi connectivity index (χ4n) is 2.45. The molecule has 1 fully saturated rings. The molecule has 0 unspecified atom stereocenters. The van der Waals surface area contributed by atoms with E-state index in [-0.39, 0.29) is 0 Å². The molecule has 1 aliphatic heterocycles. The van der Waals surface area contributed by atoms with Gasteiger partial charge in [-0.1, -0.05) is 6.07 Å². The van der Waals surface area contributed by atoms with Gasteiger partial charge in [-0.05, 0) is 25.0 Å². The number of rotatable bonds is 6. The highest BCUT2D eigenvalue weighted by molar-refractivity contribution is 5.50. The molecule has 0 spiro atoms. The highest BCUT2D eigenvalue weighted by Crippen LogP contribution is 2.22. The first kappa shape index (κ1) is 14.5. The van der Waals surface area contributed by atoms with Crippen molar-refractivity contribution in [3.05, 3.63) is 36.2 Å². The molecule has 3 heterocycles. The molecule has 22 heavy (non-hydrogen) atoms. The fraction of sp³-hybridized carbons (Fsp3) is 0.400. The van der Waals surface area contributed by atoms with Crippen LogP contribution in [0.25, 0.3) is 0 Å². The highest BCUT2D eigenvalue weighted by Gasteiger charge is 2.16. The molecule has 0 aliphatic carbocycles. The molecule has 3 rings (SSSR count). The van der Waals surface area contributed by atoms with E-state index < -0.39 is 0 Å². The molecule has 0 atom stereocenters. The van der Waals surface area contributed by atoms with Gasteiger partial charge in [-0.25, -0.2) is 5.84 Å². The molecule has 3 N–H and O–H groups in total. The number of nitrogen functional groups attached to an aromatic ring is 1. The Morgan fingerprint density at radius 3 is 2.82 bits per heavy atom. The number of nitrogens with one attached hydrogen (secondary N) is 1. The second-order valence-corrected chi connectivity index (χ2v) is 5.15. The SMILES string of the molecule is NNc1cc(N2CCCC2)nc(OCCc2ccccn2)n1. The van der Waals surface area contributed by atoms with E-state index in [0.29, 0.717) is 24.9 Å². The summed E-state index contributed by atoms with van der Waals surface area (Å²) >= 11 is 0. The van der Waals surface area contributed by atoms with Crippen molar-refractivity contribution < 1.29 is 4.74 Å². The normalized spacial score (nSPS) is 14.1. The molecule has 0 aromatic carbocycles. The first-order valence-electron chi connectivity index (χ1n) is 7.48. The maximum absolute atomic E-state index is 5.67. The Labute approximate surface area is 129 Å². The number of hydrazine groups is 1. The molecular formula is C15H20N6O. The molecule has 1 aliphatic rings. The second kappa shape index (κ2) is 7.04. The first-order chi connectivity index (χ1) is 10.8. The number of hydrogen-bond donors (Lipinski definition) is 2.